The van der Waals surface area contributed by atoms with Crippen molar-refractivity contribution in [3.05, 3.63) is 83.6 Å². The normalized spacial score (nSPS) is 10.5. The lowest BCUT2D eigenvalue weighted by atomic mass is 10.0. The highest BCUT2D eigenvalue weighted by Crippen LogP contribution is 2.26. The van der Waals surface area contributed by atoms with E-state index in [9.17, 15) is 4.79 Å². The Bertz CT molecular complexity index is 740. The van der Waals surface area contributed by atoms with Gasteiger partial charge < -0.3 is 4.42 Å². The molecule has 0 atom stereocenters. The summed E-state index contributed by atoms with van der Waals surface area (Å²) >= 11 is 0. The molecule has 0 aliphatic carbocycles. The summed E-state index contributed by atoms with van der Waals surface area (Å²) < 4.78 is 5.74. The van der Waals surface area contributed by atoms with Crippen molar-refractivity contribution >= 4 is 5.78 Å². The first-order valence-corrected chi connectivity index (χ1v) is 6.97. The van der Waals surface area contributed by atoms with Crippen LogP contribution in [0.25, 0.3) is 11.3 Å². The fourth-order valence-electron chi connectivity index (χ4n) is 2.38. The van der Waals surface area contributed by atoms with Crippen molar-refractivity contribution in [2.45, 2.75) is 13.3 Å². The minimum Gasteiger partial charge on any atom is -0.461 e. The highest BCUT2D eigenvalue weighted by molar-refractivity contribution is 5.99. The third kappa shape index (κ3) is 2.95. The summed E-state index contributed by atoms with van der Waals surface area (Å²) in [5.74, 6) is 1.50. The lowest BCUT2D eigenvalue weighted by molar-refractivity contribution is 0.0991. The van der Waals surface area contributed by atoms with Crippen LogP contribution in [0.1, 0.15) is 21.7 Å². The van der Waals surface area contributed by atoms with Gasteiger partial charge in [-0.05, 0) is 18.6 Å². The second-order valence-electron chi connectivity index (χ2n) is 5.03. The van der Waals surface area contributed by atoms with E-state index >= 15 is 0 Å². The van der Waals surface area contributed by atoms with E-state index in [0.29, 0.717) is 17.7 Å². The molecule has 1 heterocycles. The topological polar surface area (TPSA) is 30.2 Å². The second kappa shape index (κ2) is 5.80. The zero-order valence-corrected chi connectivity index (χ0v) is 11.9. The van der Waals surface area contributed by atoms with Gasteiger partial charge in [0.25, 0.3) is 0 Å². The molecule has 0 saturated carbocycles. The maximum absolute atomic E-state index is 12.4. The van der Waals surface area contributed by atoms with E-state index in [4.69, 9.17) is 4.42 Å². The molecule has 0 saturated heterocycles. The number of rotatable bonds is 4. The monoisotopic (exact) mass is 276 g/mol. The maximum atomic E-state index is 12.4. The van der Waals surface area contributed by atoms with Gasteiger partial charge in [0.2, 0.25) is 0 Å². The summed E-state index contributed by atoms with van der Waals surface area (Å²) in [6.45, 7) is 1.84. The summed E-state index contributed by atoms with van der Waals surface area (Å²) in [6.07, 6.45) is 0.398. The molecule has 0 fully saturated rings. The Balaban J connectivity index is 1.86. The van der Waals surface area contributed by atoms with Crippen LogP contribution < -0.4 is 0 Å². The van der Waals surface area contributed by atoms with Gasteiger partial charge in [0, 0.05) is 12.0 Å². The largest absolute Gasteiger partial charge is 0.461 e. The maximum Gasteiger partial charge on any atom is 0.170 e. The number of hydrogen-bond donors (Lipinski definition) is 0. The number of ketones is 1. The molecule has 0 amide bonds. The molecule has 3 rings (SSSR count). The Morgan fingerprint density at radius 1 is 0.952 bits per heavy atom. The molecule has 2 aromatic carbocycles. The molecule has 1 aromatic heterocycles. The van der Waals surface area contributed by atoms with Gasteiger partial charge in [-0.3, -0.25) is 4.79 Å². The van der Waals surface area contributed by atoms with E-state index in [1.807, 2.05) is 73.7 Å². The molecule has 0 radical (unpaired) electrons. The first kappa shape index (κ1) is 13.4. The minimum atomic E-state index is 0.0876. The Labute approximate surface area is 124 Å². The predicted molar refractivity (Wildman–Crippen MR) is 83.4 cm³/mol. The van der Waals surface area contributed by atoms with E-state index in [-0.39, 0.29) is 5.78 Å². The van der Waals surface area contributed by atoms with E-state index in [2.05, 4.69) is 0 Å². The molecule has 104 valence electrons. The van der Waals surface area contributed by atoms with Crippen molar-refractivity contribution in [1.29, 1.82) is 0 Å². The summed E-state index contributed by atoms with van der Waals surface area (Å²) in [6, 6.07) is 21.4. The standard InChI is InChI=1S/C19H16O2/c1-14-17(18(20)12-15-8-4-2-5-9-15)13-19(21-14)16-10-6-3-7-11-16/h2-11,13H,12H2,1H3. The summed E-state index contributed by atoms with van der Waals surface area (Å²) in [5.41, 5.74) is 2.67. The number of hydrogen-bond acceptors (Lipinski definition) is 2. The molecule has 2 nitrogen and oxygen atoms in total. The highest BCUT2D eigenvalue weighted by Gasteiger charge is 2.16. The van der Waals surface area contributed by atoms with Crippen LogP contribution in [0.2, 0.25) is 0 Å². The molecule has 0 bridgehead atoms. The Morgan fingerprint density at radius 2 is 1.57 bits per heavy atom. The summed E-state index contributed by atoms with van der Waals surface area (Å²) in [4.78, 5) is 12.4. The van der Waals surface area contributed by atoms with Gasteiger partial charge in [0.1, 0.15) is 11.5 Å². The first-order valence-electron chi connectivity index (χ1n) is 6.97. The van der Waals surface area contributed by atoms with Gasteiger partial charge in [-0.15, -0.1) is 0 Å². The van der Waals surface area contributed by atoms with Crippen LogP contribution in [0.5, 0.6) is 0 Å². The molecular weight excluding hydrogens is 260 g/mol. The average molecular weight is 276 g/mol. The molecule has 0 N–H and O–H groups in total. The quantitative estimate of drug-likeness (QED) is 0.648. The SMILES string of the molecule is Cc1oc(-c2ccccc2)cc1C(=O)Cc1ccccc1. The number of benzene rings is 2. The zero-order valence-electron chi connectivity index (χ0n) is 11.9. The Kier molecular flexibility index (Phi) is 3.69. The van der Waals surface area contributed by atoms with Crippen LogP contribution in [0, 0.1) is 6.92 Å². The van der Waals surface area contributed by atoms with Crippen molar-refractivity contribution in [2.75, 3.05) is 0 Å². The van der Waals surface area contributed by atoms with E-state index in [1.165, 1.54) is 0 Å². The predicted octanol–water partition coefficient (Wildman–Crippen LogP) is 4.68. The first-order chi connectivity index (χ1) is 10.2. The number of carbonyl (C=O) groups excluding carboxylic acids is 1. The Hall–Kier alpha value is -2.61. The van der Waals surface area contributed by atoms with E-state index in [1.54, 1.807) is 0 Å². The number of aryl methyl sites for hydroxylation is 1. The van der Waals surface area contributed by atoms with Crippen molar-refractivity contribution in [2.24, 2.45) is 0 Å². The molecule has 2 heteroatoms. The average Bonchev–Trinajstić information content (AvgIpc) is 2.91. The summed E-state index contributed by atoms with van der Waals surface area (Å²) in [5, 5.41) is 0. The fourth-order valence-corrected chi connectivity index (χ4v) is 2.38. The van der Waals surface area contributed by atoms with Crippen LogP contribution in [0.15, 0.2) is 71.1 Å². The van der Waals surface area contributed by atoms with Gasteiger partial charge in [-0.2, -0.15) is 0 Å². The lowest BCUT2D eigenvalue weighted by Crippen LogP contribution is -2.03. The van der Waals surface area contributed by atoms with Crippen LogP contribution in [0.3, 0.4) is 0 Å². The molecule has 0 aliphatic rings. The van der Waals surface area contributed by atoms with Crippen molar-refractivity contribution in [3.8, 4) is 11.3 Å². The van der Waals surface area contributed by atoms with Crippen LogP contribution >= 0.6 is 0 Å². The van der Waals surface area contributed by atoms with Crippen LogP contribution in [-0.4, -0.2) is 5.78 Å². The zero-order chi connectivity index (χ0) is 14.7. The molecular formula is C19H16O2. The number of furan rings is 1. The van der Waals surface area contributed by atoms with Crippen molar-refractivity contribution in [3.63, 3.8) is 0 Å². The lowest BCUT2D eigenvalue weighted by Gasteiger charge is -1.99. The molecule has 0 unspecified atom stereocenters. The van der Waals surface area contributed by atoms with E-state index < -0.39 is 0 Å². The van der Waals surface area contributed by atoms with Gasteiger partial charge in [0.05, 0.1) is 5.56 Å². The van der Waals surface area contributed by atoms with Crippen LogP contribution in [0.4, 0.5) is 0 Å². The number of carbonyl (C=O) groups is 1. The van der Waals surface area contributed by atoms with Gasteiger partial charge in [-0.1, -0.05) is 60.7 Å². The molecule has 0 aliphatic heterocycles. The third-order valence-corrected chi connectivity index (χ3v) is 3.48. The fraction of sp³-hybridized carbons (Fsp3) is 0.105. The second-order valence-corrected chi connectivity index (χ2v) is 5.03. The molecule has 3 aromatic rings. The Morgan fingerprint density at radius 3 is 2.24 bits per heavy atom. The third-order valence-electron chi connectivity index (χ3n) is 3.48. The summed E-state index contributed by atoms with van der Waals surface area (Å²) in [7, 11) is 0. The van der Waals surface area contributed by atoms with Gasteiger partial charge >= 0.3 is 0 Å². The molecule has 0 spiro atoms. The molecule has 21 heavy (non-hydrogen) atoms. The minimum absolute atomic E-state index is 0.0876. The highest BCUT2D eigenvalue weighted by atomic mass is 16.3. The van der Waals surface area contributed by atoms with Crippen LogP contribution in [-0.2, 0) is 6.42 Å². The van der Waals surface area contributed by atoms with Crippen molar-refractivity contribution < 1.29 is 9.21 Å². The van der Waals surface area contributed by atoms with Crippen molar-refractivity contribution in [1.82, 2.24) is 0 Å². The van der Waals surface area contributed by atoms with Gasteiger partial charge in [-0.25, -0.2) is 0 Å². The van der Waals surface area contributed by atoms with Gasteiger partial charge in [0.15, 0.2) is 5.78 Å². The smallest absolute Gasteiger partial charge is 0.170 e. The van der Waals surface area contributed by atoms with E-state index in [0.717, 1.165) is 16.9 Å². The number of Topliss-reactive ketones (excluding diaryl/α,β-unsaturated/α-hetero) is 1.